The van der Waals surface area contributed by atoms with Crippen LogP contribution in [0.25, 0.3) is 10.2 Å². The van der Waals surface area contributed by atoms with Gasteiger partial charge in [-0.1, -0.05) is 11.8 Å². The molecule has 1 amide bonds. The number of thiophene rings is 1. The van der Waals surface area contributed by atoms with E-state index in [4.69, 9.17) is 9.47 Å². The number of aromatic nitrogens is 2. The summed E-state index contributed by atoms with van der Waals surface area (Å²) in [5, 5.41) is 4.72. The first kappa shape index (κ1) is 17.8. The van der Waals surface area contributed by atoms with Crippen molar-refractivity contribution < 1.29 is 14.3 Å². The second-order valence-electron chi connectivity index (χ2n) is 6.89. The quantitative estimate of drug-likeness (QED) is 0.504. The number of carbonyl (C=O) groups is 1. The van der Waals surface area contributed by atoms with Gasteiger partial charge in [-0.15, -0.1) is 11.3 Å². The molecular weight excluding hydrogens is 394 g/mol. The monoisotopic (exact) mass is 413 g/mol. The van der Waals surface area contributed by atoms with Gasteiger partial charge < -0.3 is 14.8 Å². The summed E-state index contributed by atoms with van der Waals surface area (Å²) in [6.45, 7) is 2.12. The first-order valence-electron chi connectivity index (χ1n) is 9.31. The fraction of sp³-hybridized carbons (Fsp3) is 0.350. The summed E-state index contributed by atoms with van der Waals surface area (Å²) in [6, 6.07) is 5.41. The molecule has 3 heterocycles. The maximum Gasteiger partial charge on any atom is 0.237 e. The average molecular weight is 414 g/mol. The van der Waals surface area contributed by atoms with Crippen LogP contribution in [0.5, 0.6) is 11.5 Å². The number of fused-ring (bicyclic) bond motifs is 4. The molecule has 5 rings (SSSR count). The lowest BCUT2D eigenvalue weighted by molar-refractivity contribution is -0.115. The second kappa shape index (κ2) is 7.25. The first-order valence-corrected chi connectivity index (χ1v) is 11.0. The molecule has 2 aliphatic rings. The number of carbonyl (C=O) groups excluding carboxylic acids is 1. The fourth-order valence-corrected chi connectivity index (χ4v) is 5.83. The maximum absolute atomic E-state index is 12.7. The van der Waals surface area contributed by atoms with Crippen molar-refractivity contribution in [2.75, 3.05) is 12.1 Å². The van der Waals surface area contributed by atoms with E-state index in [1.165, 1.54) is 35.0 Å². The average Bonchev–Trinajstić information content (AvgIpc) is 3.32. The van der Waals surface area contributed by atoms with Gasteiger partial charge in [0.1, 0.15) is 16.2 Å². The summed E-state index contributed by atoms with van der Waals surface area (Å²) < 4.78 is 10.7. The number of aryl methyl sites for hydroxylation is 2. The number of amides is 1. The molecule has 1 aliphatic heterocycles. The zero-order valence-corrected chi connectivity index (χ0v) is 17.0. The van der Waals surface area contributed by atoms with E-state index in [2.05, 4.69) is 15.3 Å². The Morgan fingerprint density at radius 1 is 1.21 bits per heavy atom. The third-order valence-electron chi connectivity index (χ3n) is 5.01. The minimum Gasteiger partial charge on any atom is -0.454 e. The normalized spacial score (nSPS) is 16.0. The number of benzene rings is 1. The molecule has 28 heavy (non-hydrogen) atoms. The summed E-state index contributed by atoms with van der Waals surface area (Å²) in [7, 11) is 0. The Kier molecular flexibility index (Phi) is 4.60. The van der Waals surface area contributed by atoms with E-state index in [0.29, 0.717) is 17.2 Å². The molecule has 1 aliphatic carbocycles. The van der Waals surface area contributed by atoms with Gasteiger partial charge in [0.05, 0.1) is 5.25 Å². The lowest BCUT2D eigenvalue weighted by Crippen LogP contribution is -2.22. The molecule has 1 aromatic carbocycles. The Bertz CT molecular complexity index is 1070. The molecule has 6 nitrogen and oxygen atoms in total. The highest BCUT2D eigenvalue weighted by Crippen LogP contribution is 2.40. The molecule has 144 valence electrons. The standard InChI is InChI=1S/C20H19N3O3S2/c1-11(18(24)23-12-6-7-14-15(8-12)26-10-25-14)27-19-17-13-4-2-3-5-16(13)28-20(17)22-9-21-19/h6-9,11H,2-5,10H2,1H3,(H,23,24)/t11-/m1/s1. The SMILES string of the molecule is C[C@@H](Sc1ncnc2sc3c(c12)CCCC3)C(=O)Nc1ccc2c(c1)OCO2. The fourth-order valence-electron chi connectivity index (χ4n) is 3.59. The predicted molar refractivity (Wildman–Crippen MR) is 111 cm³/mol. The summed E-state index contributed by atoms with van der Waals surface area (Å²) in [5.74, 6) is 1.28. The Morgan fingerprint density at radius 3 is 3.00 bits per heavy atom. The highest BCUT2D eigenvalue weighted by molar-refractivity contribution is 8.00. The Hall–Kier alpha value is -2.32. The number of thioether (sulfide) groups is 1. The van der Waals surface area contributed by atoms with Crippen LogP contribution >= 0.6 is 23.1 Å². The van der Waals surface area contributed by atoms with Crippen molar-refractivity contribution in [1.29, 1.82) is 0 Å². The van der Waals surface area contributed by atoms with E-state index in [0.717, 1.165) is 28.1 Å². The van der Waals surface area contributed by atoms with Gasteiger partial charge in [-0.3, -0.25) is 4.79 Å². The lowest BCUT2D eigenvalue weighted by atomic mass is 9.97. The molecule has 2 aromatic heterocycles. The van der Waals surface area contributed by atoms with Gasteiger partial charge in [0.25, 0.3) is 0 Å². The van der Waals surface area contributed by atoms with E-state index >= 15 is 0 Å². The van der Waals surface area contributed by atoms with Crippen LogP contribution in [0.1, 0.15) is 30.2 Å². The Labute approximate surface area is 170 Å². The van der Waals surface area contributed by atoms with E-state index in [1.54, 1.807) is 29.8 Å². The molecule has 3 aromatic rings. The van der Waals surface area contributed by atoms with Crippen LogP contribution in [-0.2, 0) is 17.6 Å². The van der Waals surface area contributed by atoms with Gasteiger partial charge in [-0.2, -0.15) is 0 Å². The largest absolute Gasteiger partial charge is 0.454 e. The zero-order valence-electron chi connectivity index (χ0n) is 15.4. The van der Waals surface area contributed by atoms with E-state index in [9.17, 15) is 4.79 Å². The summed E-state index contributed by atoms with van der Waals surface area (Å²) >= 11 is 3.26. The maximum atomic E-state index is 12.7. The van der Waals surface area contributed by atoms with Gasteiger partial charge in [-0.05, 0) is 50.3 Å². The van der Waals surface area contributed by atoms with Crippen molar-refractivity contribution in [1.82, 2.24) is 9.97 Å². The minimum atomic E-state index is -0.289. The van der Waals surface area contributed by atoms with Gasteiger partial charge in [0.15, 0.2) is 11.5 Å². The van der Waals surface area contributed by atoms with Crippen molar-refractivity contribution in [3.05, 3.63) is 35.0 Å². The van der Waals surface area contributed by atoms with Gasteiger partial charge in [0, 0.05) is 22.0 Å². The van der Waals surface area contributed by atoms with Crippen LogP contribution < -0.4 is 14.8 Å². The molecule has 1 atom stereocenters. The van der Waals surface area contributed by atoms with Crippen molar-refractivity contribution in [3.63, 3.8) is 0 Å². The zero-order chi connectivity index (χ0) is 19.1. The summed E-state index contributed by atoms with van der Waals surface area (Å²) in [6.07, 6.45) is 6.26. The van der Waals surface area contributed by atoms with Crippen LogP contribution in [0, 0.1) is 0 Å². The molecule has 0 saturated carbocycles. The highest BCUT2D eigenvalue weighted by atomic mass is 32.2. The smallest absolute Gasteiger partial charge is 0.237 e. The molecule has 0 spiro atoms. The third-order valence-corrected chi connectivity index (χ3v) is 7.31. The number of nitrogens with one attached hydrogen (secondary N) is 1. The molecule has 0 saturated heterocycles. The lowest BCUT2D eigenvalue weighted by Gasteiger charge is -2.14. The van der Waals surface area contributed by atoms with Crippen LogP contribution in [0.3, 0.4) is 0 Å². The van der Waals surface area contributed by atoms with Crippen LogP contribution in [-0.4, -0.2) is 27.9 Å². The van der Waals surface area contributed by atoms with Gasteiger partial charge in [0.2, 0.25) is 12.7 Å². The van der Waals surface area contributed by atoms with Gasteiger partial charge >= 0.3 is 0 Å². The Morgan fingerprint density at radius 2 is 2.07 bits per heavy atom. The van der Waals surface area contributed by atoms with Crippen molar-refractivity contribution in [2.24, 2.45) is 0 Å². The van der Waals surface area contributed by atoms with E-state index in [1.807, 2.05) is 13.0 Å². The van der Waals surface area contributed by atoms with Crippen molar-refractivity contribution in [2.45, 2.75) is 42.9 Å². The van der Waals surface area contributed by atoms with Crippen molar-refractivity contribution >= 4 is 44.9 Å². The number of rotatable bonds is 4. The minimum absolute atomic E-state index is 0.0697. The van der Waals surface area contributed by atoms with Crippen molar-refractivity contribution in [3.8, 4) is 11.5 Å². The number of hydrogen-bond acceptors (Lipinski definition) is 7. The summed E-state index contributed by atoms with van der Waals surface area (Å²) in [5.41, 5.74) is 2.08. The number of anilines is 1. The third kappa shape index (κ3) is 3.20. The second-order valence-corrected chi connectivity index (χ2v) is 9.30. The number of nitrogens with zero attached hydrogens (tertiary/aromatic N) is 2. The van der Waals surface area contributed by atoms with Crippen LogP contribution in [0.15, 0.2) is 29.6 Å². The highest BCUT2D eigenvalue weighted by Gasteiger charge is 2.23. The van der Waals surface area contributed by atoms with E-state index in [-0.39, 0.29) is 18.0 Å². The number of ether oxygens (including phenoxy) is 2. The molecule has 0 radical (unpaired) electrons. The Balaban J connectivity index is 1.36. The topological polar surface area (TPSA) is 73.3 Å². The number of hydrogen-bond donors (Lipinski definition) is 1. The predicted octanol–water partition coefficient (Wildman–Crippen LogP) is 4.42. The molecule has 8 heteroatoms. The summed E-state index contributed by atoms with van der Waals surface area (Å²) in [4.78, 5) is 24.2. The molecule has 0 unspecified atom stereocenters. The van der Waals surface area contributed by atoms with Crippen LogP contribution in [0.2, 0.25) is 0 Å². The molecular formula is C20H19N3O3S2. The molecule has 0 bridgehead atoms. The molecule has 1 N–H and O–H groups in total. The molecule has 0 fully saturated rings. The van der Waals surface area contributed by atoms with E-state index < -0.39 is 0 Å². The first-order chi connectivity index (χ1) is 13.7. The van der Waals surface area contributed by atoms with Gasteiger partial charge in [-0.25, -0.2) is 9.97 Å². The van der Waals surface area contributed by atoms with Crippen LogP contribution in [0.4, 0.5) is 5.69 Å².